The van der Waals surface area contributed by atoms with Gasteiger partial charge in [-0.15, -0.1) is 5.10 Å². The van der Waals surface area contributed by atoms with Crippen LogP contribution in [-0.4, -0.2) is 10.2 Å². The lowest BCUT2D eigenvalue weighted by Gasteiger charge is -2.07. The van der Waals surface area contributed by atoms with Crippen molar-refractivity contribution in [2.24, 2.45) is 0 Å². The van der Waals surface area contributed by atoms with Gasteiger partial charge in [-0.05, 0) is 47.7 Å². The van der Waals surface area contributed by atoms with E-state index in [1.54, 1.807) is 6.20 Å². The van der Waals surface area contributed by atoms with Crippen LogP contribution in [0.2, 0.25) is 0 Å². The summed E-state index contributed by atoms with van der Waals surface area (Å²) in [5.41, 5.74) is 3.12. The molecule has 1 heterocycles. The van der Waals surface area contributed by atoms with Crippen LogP contribution in [0.15, 0.2) is 72.9 Å². The Bertz CT molecular complexity index is 803. The fourth-order valence-electron chi connectivity index (χ4n) is 2.22. The Morgan fingerprint density at radius 2 is 1.67 bits per heavy atom. The molecular weight excluding hydrogens is 296 g/mol. The zero-order valence-corrected chi connectivity index (χ0v) is 13.4. The molecule has 0 fully saturated rings. The molecule has 0 saturated carbocycles. The van der Waals surface area contributed by atoms with Crippen molar-refractivity contribution in [3.8, 4) is 17.6 Å². The third kappa shape index (κ3) is 4.96. The predicted molar refractivity (Wildman–Crippen MR) is 94.4 cm³/mol. The third-order valence-electron chi connectivity index (χ3n) is 3.50. The molecule has 2 aromatic carbocycles. The van der Waals surface area contributed by atoms with Crippen LogP contribution in [0.25, 0.3) is 0 Å². The minimum Gasteiger partial charge on any atom is -0.489 e. The van der Waals surface area contributed by atoms with Gasteiger partial charge >= 0.3 is 0 Å². The lowest BCUT2D eigenvalue weighted by Crippen LogP contribution is -1.95. The predicted octanol–water partition coefficient (Wildman–Crippen LogP) is 4.04. The third-order valence-corrected chi connectivity index (χ3v) is 3.50. The van der Waals surface area contributed by atoms with E-state index in [4.69, 9.17) is 4.74 Å². The van der Waals surface area contributed by atoms with E-state index >= 15 is 0 Å². The molecule has 0 aliphatic carbocycles. The molecule has 3 heteroatoms. The van der Waals surface area contributed by atoms with Crippen LogP contribution in [0.5, 0.6) is 5.75 Å². The van der Waals surface area contributed by atoms with Gasteiger partial charge in [-0.1, -0.05) is 48.4 Å². The summed E-state index contributed by atoms with van der Waals surface area (Å²) in [7, 11) is 0. The van der Waals surface area contributed by atoms with Crippen LogP contribution in [-0.2, 0) is 13.0 Å². The van der Waals surface area contributed by atoms with Crippen molar-refractivity contribution in [3.05, 3.63) is 89.7 Å². The van der Waals surface area contributed by atoms with Crippen LogP contribution >= 0.6 is 0 Å². The first-order chi connectivity index (χ1) is 11.9. The van der Waals surface area contributed by atoms with Gasteiger partial charge in [0, 0.05) is 12.6 Å². The normalized spacial score (nSPS) is 9.83. The van der Waals surface area contributed by atoms with Crippen LogP contribution in [0.3, 0.4) is 0 Å². The average Bonchev–Trinajstić information content (AvgIpc) is 2.66. The van der Waals surface area contributed by atoms with Gasteiger partial charge in [0.2, 0.25) is 0 Å². The number of benzene rings is 2. The van der Waals surface area contributed by atoms with E-state index in [-0.39, 0.29) is 0 Å². The lowest BCUT2D eigenvalue weighted by atomic mass is 10.1. The molecule has 0 aliphatic rings. The van der Waals surface area contributed by atoms with Gasteiger partial charge in [-0.3, -0.25) is 0 Å². The van der Waals surface area contributed by atoms with Gasteiger partial charge < -0.3 is 4.74 Å². The van der Waals surface area contributed by atoms with Gasteiger partial charge in [0.25, 0.3) is 0 Å². The van der Waals surface area contributed by atoms with E-state index in [0.29, 0.717) is 12.3 Å². The molecule has 0 amide bonds. The molecule has 3 rings (SSSR count). The van der Waals surface area contributed by atoms with E-state index in [2.05, 4.69) is 46.3 Å². The van der Waals surface area contributed by atoms with Crippen LogP contribution in [0, 0.1) is 11.8 Å². The highest BCUT2D eigenvalue weighted by atomic mass is 16.5. The van der Waals surface area contributed by atoms with Gasteiger partial charge in [0.1, 0.15) is 18.1 Å². The molecule has 24 heavy (non-hydrogen) atoms. The topological polar surface area (TPSA) is 35.0 Å². The summed E-state index contributed by atoms with van der Waals surface area (Å²) in [6, 6.07) is 22.1. The van der Waals surface area contributed by atoms with E-state index in [9.17, 15) is 0 Å². The maximum absolute atomic E-state index is 5.79. The summed E-state index contributed by atoms with van der Waals surface area (Å²) in [4.78, 5) is 0. The van der Waals surface area contributed by atoms with E-state index < -0.39 is 0 Å². The fraction of sp³-hybridized carbons (Fsp3) is 0.143. The number of nitrogens with zero attached hydrogens (tertiary/aromatic N) is 2. The van der Waals surface area contributed by atoms with Crippen molar-refractivity contribution < 1.29 is 4.74 Å². The standard InChI is InChI=1S/C21H18N2O/c1-2-8-19(9-3-1)17-24-21-14-12-18(13-15-21)7-4-5-10-20-11-6-16-22-23-20/h1-3,6,8-9,11-16H,4,7,17H2. The minimum atomic E-state index is 0.587. The zero-order chi connectivity index (χ0) is 16.5. The molecule has 0 spiro atoms. The van der Waals surface area contributed by atoms with Gasteiger partial charge in [-0.25, -0.2) is 0 Å². The van der Waals surface area contributed by atoms with Crippen LogP contribution in [0.4, 0.5) is 0 Å². The Morgan fingerprint density at radius 3 is 2.42 bits per heavy atom. The second kappa shape index (κ2) is 8.50. The maximum Gasteiger partial charge on any atom is 0.135 e. The molecule has 0 radical (unpaired) electrons. The van der Waals surface area contributed by atoms with Crippen molar-refractivity contribution >= 4 is 0 Å². The quantitative estimate of drug-likeness (QED) is 0.667. The highest BCUT2D eigenvalue weighted by Gasteiger charge is 1.97. The van der Waals surface area contributed by atoms with Crippen LogP contribution < -0.4 is 4.74 Å². The molecule has 118 valence electrons. The SMILES string of the molecule is C(#Cc1cccnn1)CCc1ccc(OCc2ccccc2)cc1. The van der Waals surface area contributed by atoms with E-state index in [0.717, 1.165) is 18.6 Å². The molecule has 3 aromatic rings. The molecule has 1 aromatic heterocycles. The van der Waals surface area contributed by atoms with Crippen molar-refractivity contribution in [2.45, 2.75) is 19.4 Å². The lowest BCUT2D eigenvalue weighted by molar-refractivity contribution is 0.306. The summed E-state index contributed by atoms with van der Waals surface area (Å²) in [5.74, 6) is 7.03. The van der Waals surface area contributed by atoms with Crippen molar-refractivity contribution in [1.29, 1.82) is 0 Å². The monoisotopic (exact) mass is 314 g/mol. The largest absolute Gasteiger partial charge is 0.489 e. The summed E-state index contributed by atoms with van der Waals surface area (Å²) in [6.45, 7) is 0.587. The number of rotatable bonds is 5. The first-order valence-corrected chi connectivity index (χ1v) is 7.92. The molecular formula is C21H18N2O. The van der Waals surface area contributed by atoms with Crippen LogP contribution in [0.1, 0.15) is 23.2 Å². The summed E-state index contributed by atoms with van der Waals surface area (Å²) in [6.07, 6.45) is 3.35. The number of ether oxygens (including phenoxy) is 1. The molecule has 3 nitrogen and oxygen atoms in total. The number of aryl methyl sites for hydroxylation is 1. The van der Waals surface area contributed by atoms with E-state index in [1.807, 2.05) is 42.5 Å². The zero-order valence-electron chi connectivity index (χ0n) is 13.4. The Labute approximate surface area is 142 Å². The van der Waals surface area contributed by atoms with Gasteiger partial charge in [-0.2, -0.15) is 5.10 Å². The van der Waals surface area contributed by atoms with E-state index in [1.165, 1.54) is 11.1 Å². The Kier molecular flexibility index (Phi) is 5.58. The second-order valence-electron chi connectivity index (χ2n) is 5.33. The minimum absolute atomic E-state index is 0.587. The van der Waals surface area contributed by atoms with Crippen molar-refractivity contribution in [3.63, 3.8) is 0 Å². The number of aromatic nitrogens is 2. The number of hydrogen-bond acceptors (Lipinski definition) is 3. The summed E-state index contributed by atoms with van der Waals surface area (Å²) in [5, 5.41) is 7.74. The molecule has 0 bridgehead atoms. The van der Waals surface area contributed by atoms with Crippen molar-refractivity contribution in [2.75, 3.05) is 0 Å². The van der Waals surface area contributed by atoms with Gasteiger partial charge in [0.15, 0.2) is 0 Å². The second-order valence-corrected chi connectivity index (χ2v) is 5.33. The van der Waals surface area contributed by atoms with Gasteiger partial charge in [0.05, 0.1) is 0 Å². The molecule has 0 atom stereocenters. The smallest absolute Gasteiger partial charge is 0.135 e. The Morgan fingerprint density at radius 1 is 0.833 bits per heavy atom. The average molecular weight is 314 g/mol. The molecule has 0 N–H and O–H groups in total. The Hall–Kier alpha value is -3.12. The first-order valence-electron chi connectivity index (χ1n) is 7.92. The number of hydrogen-bond donors (Lipinski definition) is 0. The molecule has 0 aliphatic heterocycles. The maximum atomic E-state index is 5.79. The first kappa shape index (κ1) is 15.8. The molecule has 0 saturated heterocycles. The van der Waals surface area contributed by atoms with Crippen molar-refractivity contribution in [1.82, 2.24) is 10.2 Å². The highest BCUT2D eigenvalue weighted by Crippen LogP contribution is 2.15. The fourth-order valence-corrected chi connectivity index (χ4v) is 2.22. The highest BCUT2D eigenvalue weighted by molar-refractivity contribution is 5.29. The molecule has 0 unspecified atom stereocenters. The Balaban J connectivity index is 1.47. The summed E-state index contributed by atoms with van der Waals surface area (Å²) >= 11 is 0. The summed E-state index contributed by atoms with van der Waals surface area (Å²) < 4.78 is 5.79.